The number of rotatable bonds is 21. The molecule has 6 N–H and O–H groups in total. The highest BCUT2D eigenvalue weighted by molar-refractivity contribution is 5.96. The highest BCUT2D eigenvalue weighted by Crippen LogP contribution is 2.22. The molecule has 6 aromatic rings. The number of methoxy groups -OCH3 is 3. The fourth-order valence-electron chi connectivity index (χ4n) is 6.27. The zero-order chi connectivity index (χ0) is 50.0. The van der Waals surface area contributed by atoms with Crippen molar-refractivity contribution in [2.45, 2.75) is 0 Å². The summed E-state index contributed by atoms with van der Waals surface area (Å²) in [5.74, 6) is -1.86. The van der Waals surface area contributed by atoms with E-state index in [4.69, 9.17) is 29.5 Å². The number of aliphatic carboxylic acids is 3. The molecule has 0 bridgehead atoms. The zero-order valence-corrected chi connectivity index (χ0v) is 38.2. The second-order valence-corrected chi connectivity index (χ2v) is 14.6. The number of carbonyl (C=O) groups is 6. The molecule has 0 unspecified atom stereocenters. The molecule has 0 spiro atoms. The maximum absolute atomic E-state index is 12.3. The molecule has 69 heavy (non-hydrogen) atoms. The Morgan fingerprint density at radius 2 is 0.594 bits per heavy atom. The number of nitrogens with one attached hydrogen (secondary N) is 3. The summed E-state index contributed by atoms with van der Waals surface area (Å²) in [5.41, 5.74) is 3.91. The van der Waals surface area contributed by atoms with E-state index >= 15 is 0 Å². The Balaban J connectivity index is 0.000000226. The van der Waals surface area contributed by atoms with Crippen LogP contribution in [0.1, 0.15) is 0 Å². The second kappa shape index (κ2) is 28.1. The Labute approximate surface area is 399 Å². The molecular weight excluding hydrogens is 889 g/mol. The molecule has 3 amide bonds. The van der Waals surface area contributed by atoms with Gasteiger partial charge in [-0.15, -0.1) is 0 Å². The van der Waals surface area contributed by atoms with E-state index in [1.54, 1.807) is 143 Å². The van der Waals surface area contributed by atoms with E-state index in [1.165, 1.54) is 14.7 Å². The first-order valence-electron chi connectivity index (χ1n) is 21.1. The van der Waals surface area contributed by atoms with E-state index in [-0.39, 0.29) is 57.0 Å². The van der Waals surface area contributed by atoms with Gasteiger partial charge in [0, 0.05) is 34.1 Å². The van der Waals surface area contributed by atoms with Crippen molar-refractivity contribution in [1.82, 2.24) is 0 Å². The number of hydrogen-bond donors (Lipinski definition) is 6. The molecule has 0 heterocycles. The lowest BCUT2D eigenvalue weighted by Gasteiger charge is -2.22. The molecule has 6 aromatic carbocycles. The molecule has 0 aliphatic carbocycles. The van der Waals surface area contributed by atoms with Gasteiger partial charge in [-0.05, 0) is 109 Å². The third-order valence-electron chi connectivity index (χ3n) is 9.47. The standard InChI is InChI=1S/C18H20N2O5.C17H18N2O4.C16H16N2O3/c1-24-15-7-3-13(4-8-15)19-17(21)11-20(12-18(22)23)14-5-9-16(25-2)10-6-14;1-23-15-9-7-14(8-10-15)19(12-17(21)22)11-16(20)18-13-5-3-2-4-6-13;19-15(17-13-7-3-1-4-8-13)11-18(12-16(20)21)14-9-5-2-6-10-14/h3-10H,11-12H2,1-2H3,(H,19,21)(H,22,23);2-10H,11-12H2,1H3,(H,18,20)(H,21,22);1-10H,11-12H2,(H,17,19)(H,20,21). The number of carbonyl (C=O) groups excluding carboxylic acids is 3. The van der Waals surface area contributed by atoms with Gasteiger partial charge < -0.3 is 60.2 Å². The molecule has 0 aromatic heterocycles. The fourth-order valence-corrected chi connectivity index (χ4v) is 6.27. The fraction of sp³-hybridized carbons (Fsp3) is 0.176. The maximum Gasteiger partial charge on any atom is 0.323 e. The molecule has 0 aliphatic heterocycles. The smallest absolute Gasteiger partial charge is 0.323 e. The van der Waals surface area contributed by atoms with Gasteiger partial charge in [0.25, 0.3) is 0 Å². The van der Waals surface area contributed by atoms with Crippen molar-refractivity contribution in [3.63, 3.8) is 0 Å². The van der Waals surface area contributed by atoms with Crippen LogP contribution < -0.4 is 44.9 Å². The van der Waals surface area contributed by atoms with E-state index in [9.17, 15) is 28.8 Å². The van der Waals surface area contributed by atoms with Gasteiger partial charge in [0.15, 0.2) is 0 Å². The minimum absolute atomic E-state index is 0.0226. The monoisotopic (exact) mass is 942 g/mol. The van der Waals surface area contributed by atoms with Crippen molar-refractivity contribution in [2.24, 2.45) is 0 Å². The van der Waals surface area contributed by atoms with Crippen LogP contribution in [0.15, 0.2) is 164 Å². The minimum Gasteiger partial charge on any atom is -0.497 e. The molecule has 0 saturated heterocycles. The van der Waals surface area contributed by atoms with Gasteiger partial charge in [-0.1, -0.05) is 54.6 Å². The highest BCUT2D eigenvalue weighted by Gasteiger charge is 2.18. The summed E-state index contributed by atoms with van der Waals surface area (Å²) >= 11 is 0. The summed E-state index contributed by atoms with van der Waals surface area (Å²) in [4.78, 5) is 74.0. The first-order valence-corrected chi connectivity index (χ1v) is 21.1. The van der Waals surface area contributed by atoms with Gasteiger partial charge in [-0.3, -0.25) is 28.8 Å². The largest absolute Gasteiger partial charge is 0.497 e. The second-order valence-electron chi connectivity index (χ2n) is 14.6. The average Bonchev–Trinajstić information content (AvgIpc) is 3.34. The van der Waals surface area contributed by atoms with E-state index in [0.717, 1.165) is 0 Å². The Bertz CT molecular complexity index is 2530. The number of carboxylic acid groups (broad SMARTS) is 3. The summed E-state index contributed by atoms with van der Waals surface area (Å²) in [6.07, 6.45) is 0. The van der Waals surface area contributed by atoms with Crippen molar-refractivity contribution >= 4 is 69.8 Å². The predicted molar refractivity (Wildman–Crippen MR) is 264 cm³/mol. The van der Waals surface area contributed by atoms with Crippen LogP contribution in [0.25, 0.3) is 0 Å². The zero-order valence-electron chi connectivity index (χ0n) is 38.2. The van der Waals surface area contributed by atoms with Gasteiger partial charge in [-0.25, -0.2) is 0 Å². The average molecular weight is 943 g/mol. The van der Waals surface area contributed by atoms with Crippen molar-refractivity contribution in [1.29, 1.82) is 0 Å². The van der Waals surface area contributed by atoms with Crippen molar-refractivity contribution in [3.05, 3.63) is 164 Å². The van der Waals surface area contributed by atoms with Gasteiger partial charge in [0.2, 0.25) is 17.7 Å². The number of amides is 3. The van der Waals surface area contributed by atoms with Crippen LogP contribution in [0, 0.1) is 0 Å². The lowest BCUT2D eigenvalue weighted by atomic mass is 10.2. The third-order valence-corrected chi connectivity index (χ3v) is 9.47. The number of para-hydroxylation sites is 3. The number of anilines is 6. The SMILES string of the molecule is COc1ccc(N(CC(=O)O)CC(=O)Nc2ccccc2)cc1.COc1ccc(NC(=O)CN(CC(=O)O)c2ccc(OC)cc2)cc1.O=C(O)CN(CC(=O)Nc1ccccc1)c1ccccc1. The topological polar surface area (TPSA) is 237 Å². The van der Waals surface area contributed by atoms with Gasteiger partial charge in [0.1, 0.15) is 36.9 Å². The van der Waals surface area contributed by atoms with E-state index in [1.807, 2.05) is 42.5 Å². The van der Waals surface area contributed by atoms with Crippen LogP contribution in [0.4, 0.5) is 34.1 Å². The van der Waals surface area contributed by atoms with Crippen molar-refractivity contribution in [2.75, 3.05) is 91.2 Å². The lowest BCUT2D eigenvalue weighted by Crippen LogP contribution is -2.37. The minimum atomic E-state index is -1.02. The van der Waals surface area contributed by atoms with Crippen LogP contribution in [0.3, 0.4) is 0 Å². The molecule has 360 valence electrons. The molecule has 0 fully saturated rings. The molecule has 6 rings (SSSR count). The van der Waals surface area contributed by atoms with E-state index in [2.05, 4.69) is 16.0 Å². The molecule has 0 aliphatic rings. The van der Waals surface area contributed by atoms with Crippen LogP contribution in [0.5, 0.6) is 17.2 Å². The summed E-state index contributed by atoms with van der Waals surface area (Å²) in [6, 6.07) is 47.7. The number of nitrogens with zero attached hydrogens (tertiary/aromatic N) is 3. The summed E-state index contributed by atoms with van der Waals surface area (Å²) in [5, 5.41) is 35.3. The molecule has 18 heteroatoms. The first-order chi connectivity index (χ1) is 33.2. The van der Waals surface area contributed by atoms with Gasteiger partial charge >= 0.3 is 17.9 Å². The molecule has 0 saturated carbocycles. The summed E-state index contributed by atoms with van der Waals surface area (Å²) in [7, 11) is 4.66. The first kappa shape index (κ1) is 52.6. The number of ether oxygens (including phenoxy) is 3. The van der Waals surface area contributed by atoms with Crippen LogP contribution in [-0.2, 0) is 28.8 Å². The van der Waals surface area contributed by atoms with E-state index < -0.39 is 17.9 Å². The third kappa shape index (κ3) is 19.5. The number of hydrogen-bond acceptors (Lipinski definition) is 12. The highest BCUT2D eigenvalue weighted by atomic mass is 16.5. The Morgan fingerprint density at radius 1 is 0.348 bits per heavy atom. The predicted octanol–water partition coefficient (Wildman–Crippen LogP) is 6.67. The molecular formula is C51H54N6O12. The van der Waals surface area contributed by atoms with Gasteiger partial charge in [0.05, 0.1) is 41.0 Å². The van der Waals surface area contributed by atoms with Gasteiger partial charge in [-0.2, -0.15) is 0 Å². The molecule has 0 atom stereocenters. The van der Waals surface area contributed by atoms with Crippen molar-refractivity contribution in [3.8, 4) is 17.2 Å². The molecule has 0 radical (unpaired) electrons. The quantitative estimate of drug-likeness (QED) is 0.0442. The summed E-state index contributed by atoms with van der Waals surface area (Å²) in [6.45, 7) is -0.966. The Morgan fingerprint density at radius 3 is 0.870 bits per heavy atom. The Kier molecular flexibility index (Phi) is 21.4. The number of carboxylic acids is 3. The normalized spacial score (nSPS) is 9.96. The maximum atomic E-state index is 12.3. The molecule has 18 nitrogen and oxygen atoms in total. The Hall–Kier alpha value is -9.06. The van der Waals surface area contributed by atoms with E-state index in [0.29, 0.717) is 51.4 Å². The van der Waals surface area contributed by atoms with Crippen molar-refractivity contribution < 1.29 is 58.3 Å². The van der Waals surface area contributed by atoms with Crippen LogP contribution in [-0.4, -0.2) is 112 Å². The van der Waals surface area contributed by atoms with Crippen LogP contribution in [0.2, 0.25) is 0 Å². The number of benzene rings is 6. The summed E-state index contributed by atoms with van der Waals surface area (Å²) < 4.78 is 15.2. The van der Waals surface area contributed by atoms with Crippen LogP contribution >= 0.6 is 0 Å². The lowest BCUT2D eigenvalue weighted by molar-refractivity contribution is -0.136.